The van der Waals surface area contributed by atoms with Gasteiger partial charge in [0, 0.05) is 32.6 Å². The van der Waals surface area contributed by atoms with Gasteiger partial charge >= 0.3 is 0 Å². The monoisotopic (exact) mass is 367 g/mol. The maximum absolute atomic E-state index is 11.6. The van der Waals surface area contributed by atoms with Crippen molar-refractivity contribution < 1.29 is 4.79 Å². The lowest BCUT2D eigenvalue weighted by molar-refractivity contribution is -0.121. The minimum Gasteiger partial charge on any atom is -0.355 e. The molecule has 0 atom stereocenters. The number of hydrogen-bond donors (Lipinski definition) is 3. The topological polar surface area (TPSA) is 67.2 Å². The van der Waals surface area contributed by atoms with Gasteiger partial charge in [0.1, 0.15) is 0 Å². The molecule has 0 aromatic rings. The van der Waals surface area contributed by atoms with Crippen molar-refractivity contribution in [3.8, 4) is 0 Å². The highest BCUT2D eigenvalue weighted by atomic mass is 16.1. The fourth-order valence-corrected chi connectivity index (χ4v) is 2.96. The van der Waals surface area contributed by atoms with E-state index in [2.05, 4.69) is 29.7 Å². The Morgan fingerprint density at radius 2 is 1.35 bits per heavy atom. The van der Waals surface area contributed by atoms with E-state index in [-0.39, 0.29) is 5.91 Å². The summed E-state index contributed by atoms with van der Waals surface area (Å²) < 4.78 is 0. The standard InChI is InChI=1S/C22H45N3O/c1-2-3-4-5-6-7-8-9-10-11-12-13-14-15-16-17-22(26)25-21-20-24-19-18-23/h9-10,24H,2-8,11-21,23H2,1H3,(H,25,26)/b10-9-. The molecule has 1 amide bonds. The Morgan fingerprint density at radius 1 is 0.769 bits per heavy atom. The number of rotatable bonds is 20. The maximum Gasteiger partial charge on any atom is 0.220 e. The van der Waals surface area contributed by atoms with Crippen LogP contribution in [0.25, 0.3) is 0 Å². The molecule has 0 aliphatic carbocycles. The van der Waals surface area contributed by atoms with Gasteiger partial charge in [-0.05, 0) is 32.1 Å². The van der Waals surface area contributed by atoms with E-state index in [1.54, 1.807) is 0 Å². The second-order valence-corrected chi connectivity index (χ2v) is 7.22. The molecule has 154 valence electrons. The minimum atomic E-state index is 0.178. The Labute approximate surface area is 162 Å². The van der Waals surface area contributed by atoms with Crippen molar-refractivity contribution >= 4 is 5.91 Å². The first-order valence-corrected chi connectivity index (χ1v) is 11.1. The average Bonchev–Trinajstić information content (AvgIpc) is 2.64. The molecule has 0 rings (SSSR count). The molecule has 4 nitrogen and oxygen atoms in total. The van der Waals surface area contributed by atoms with Gasteiger partial charge < -0.3 is 16.4 Å². The van der Waals surface area contributed by atoms with E-state index in [1.807, 2.05) is 0 Å². The van der Waals surface area contributed by atoms with Gasteiger partial charge in [0.25, 0.3) is 0 Å². The van der Waals surface area contributed by atoms with Crippen LogP contribution in [-0.4, -0.2) is 32.1 Å². The van der Waals surface area contributed by atoms with Crippen molar-refractivity contribution in [2.45, 2.75) is 96.8 Å². The van der Waals surface area contributed by atoms with E-state index in [0.29, 0.717) is 19.5 Å². The predicted octanol–water partition coefficient (Wildman–Crippen LogP) is 4.69. The molecule has 0 saturated heterocycles. The molecule has 4 N–H and O–H groups in total. The van der Waals surface area contributed by atoms with Crippen molar-refractivity contribution in [2.75, 3.05) is 26.2 Å². The summed E-state index contributed by atoms with van der Waals surface area (Å²) in [6.07, 6.45) is 22.1. The highest BCUT2D eigenvalue weighted by molar-refractivity contribution is 5.75. The summed E-state index contributed by atoms with van der Waals surface area (Å²) in [4.78, 5) is 11.6. The summed E-state index contributed by atoms with van der Waals surface area (Å²) in [5.74, 6) is 0.178. The Morgan fingerprint density at radius 3 is 1.96 bits per heavy atom. The van der Waals surface area contributed by atoms with Crippen LogP contribution in [0.3, 0.4) is 0 Å². The third kappa shape index (κ3) is 21.2. The maximum atomic E-state index is 11.6. The molecule has 0 bridgehead atoms. The molecule has 0 aromatic heterocycles. The average molecular weight is 368 g/mol. The van der Waals surface area contributed by atoms with Crippen molar-refractivity contribution in [3.05, 3.63) is 12.2 Å². The summed E-state index contributed by atoms with van der Waals surface area (Å²) >= 11 is 0. The Balaban J connectivity index is 3.18. The first-order chi connectivity index (χ1) is 12.8. The van der Waals surface area contributed by atoms with Gasteiger partial charge in [-0.15, -0.1) is 0 Å². The van der Waals surface area contributed by atoms with Gasteiger partial charge in [0.05, 0.1) is 0 Å². The summed E-state index contributed by atoms with van der Waals surface area (Å²) in [5.41, 5.74) is 5.39. The Kier molecular flexibility index (Phi) is 21.4. The molecule has 26 heavy (non-hydrogen) atoms. The highest BCUT2D eigenvalue weighted by Crippen LogP contribution is 2.09. The number of nitrogens with two attached hydrogens (primary N) is 1. The lowest BCUT2D eigenvalue weighted by Crippen LogP contribution is -2.33. The SMILES string of the molecule is CCCCCCCC/C=C\CCCCCCCC(=O)NCCNCCN. The molecule has 0 spiro atoms. The molecule has 0 fully saturated rings. The van der Waals surface area contributed by atoms with Crippen molar-refractivity contribution in [1.82, 2.24) is 10.6 Å². The number of unbranched alkanes of at least 4 members (excludes halogenated alkanes) is 11. The predicted molar refractivity (Wildman–Crippen MR) is 114 cm³/mol. The molecule has 0 radical (unpaired) electrons. The first-order valence-electron chi connectivity index (χ1n) is 11.1. The molecule has 0 aromatic carbocycles. The smallest absolute Gasteiger partial charge is 0.220 e. The fraction of sp³-hybridized carbons (Fsp3) is 0.864. The zero-order valence-electron chi connectivity index (χ0n) is 17.4. The third-order valence-corrected chi connectivity index (χ3v) is 4.61. The van der Waals surface area contributed by atoms with Crippen LogP contribution in [0.2, 0.25) is 0 Å². The van der Waals surface area contributed by atoms with Crippen LogP contribution in [0.1, 0.15) is 96.8 Å². The number of allylic oxidation sites excluding steroid dienone is 2. The molecular weight excluding hydrogens is 322 g/mol. The number of carbonyl (C=O) groups excluding carboxylic acids is 1. The quantitative estimate of drug-likeness (QED) is 0.216. The van der Waals surface area contributed by atoms with Crippen LogP contribution in [0, 0.1) is 0 Å². The zero-order chi connectivity index (χ0) is 19.1. The van der Waals surface area contributed by atoms with E-state index >= 15 is 0 Å². The molecule has 0 aliphatic heterocycles. The van der Waals surface area contributed by atoms with Crippen molar-refractivity contribution in [1.29, 1.82) is 0 Å². The van der Waals surface area contributed by atoms with Crippen LogP contribution >= 0.6 is 0 Å². The Hall–Kier alpha value is -0.870. The number of amides is 1. The lowest BCUT2D eigenvalue weighted by atomic mass is 10.1. The van der Waals surface area contributed by atoms with Gasteiger partial charge in [-0.1, -0.05) is 70.4 Å². The zero-order valence-corrected chi connectivity index (χ0v) is 17.4. The number of nitrogens with one attached hydrogen (secondary N) is 2. The minimum absolute atomic E-state index is 0.178. The van der Waals surface area contributed by atoms with Gasteiger partial charge in [0.15, 0.2) is 0 Å². The van der Waals surface area contributed by atoms with E-state index in [1.165, 1.54) is 77.0 Å². The van der Waals surface area contributed by atoms with Gasteiger partial charge in [-0.25, -0.2) is 0 Å². The molecule has 4 heteroatoms. The molecule has 0 saturated carbocycles. The van der Waals surface area contributed by atoms with Crippen LogP contribution in [0.5, 0.6) is 0 Å². The van der Waals surface area contributed by atoms with E-state index in [4.69, 9.17) is 5.73 Å². The highest BCUT2D eigenvalue weighted by Gasteiger charge is 1.99. The molecule has 0 heterocycles. The third-order valence-electron chi connectivity index (χ3n) is 4.61. The summed E-state index contributed by atoms with van der Waals surface area (Å²) in [7, 11) is 0. The molecular formula is C22H45N3O. The van der Waals surface area contributed by atoms with E-state index in [9.17, 15) is 4.79 Å². The summed E-state index contributed by atoms with van der Waals surface area (Å²) in [6.45, 7) is 5.22. The van der Waals surface area contributed by atoms with Crippen molar-refractivity contribution in [3.63, 3.8) is 0 Å². The van der Waals surface area contributed by atoms with Crippen molar-refractivity contribution in [2.24, 2.45) is 5.73 Å². The lowest BCUT2D eigenvalue weighted by Gasteiger charge is -2.06. The van der Waals surface area contributed by atoms with E-state index < -0.39 is 0 Å². The van der Waals surface area contributed by atoms with Crippen LogP contribution in [-0.2, 0) is 4.79 Å². The van der Waals surface area contributed by atoms with Crippen LogP contribution in [0.4, 0.5) is 0 Å². The van der Waals surface area contributed by atoms with Gasteiger partial charge in [-0.3, -0.25) is 4.79 Å². The van der Waals surface area contributed by atoms with Crippen LogP contribution < -0.4 is 16.4 Å². The van der Waals surface area contributed by atoms with Gasteiger partial charge in [0.2, 0.25) is 5.91 Å². The number of hydrogen-bond acceptors (Lipinski definition) is 3. The fourth-order valence-electron chi connectivity index (χ4n) is 2.96. The number of carbonyl (C=O) groups is 1. The Bertz CT molecular complexity index is 319. The van der Waals surface area contributed by atoms with Gasteiger partial charge in [-0.2, -0.15) is 0 Å². The first kappa shape index (κ1) is 25.1. The normalized spacial score (nSPS) is 11.3. The molecule has 0 aliphatic rings. The summed E-state index contributed by atoms with van der Waals surface area (Å²) in [6, 6.07) is 0. The second kappa shape index (κ2) is 22.2. The largest absolute Gasteiger partial charge is 0.355 e. The molecule has 0 unspecified atom stereocenters. The second-order valence-electron chi connectivity index (χ2n) is 7.22. The summed E-state index contributed by atoms with van der Waals surface area (Å²) in [5, 5.41) is 6.11. The van der Waals surface area contributed by atoms with Crippen LogP contribution in [0.15, 0.2) is 12.2 Å². The van der Waals surface area contributed by atoms with E-state index in [0.717, 1.165) is 19.5 Å².